The summed E-state index contributed by atoms with van der Waals surface area (Å²) in [5, 5.41) is 3.43. The standard InChI is InChI=1S/C17H27N5O2/c1-11-8-13(16(18)23)17(19-12(11)2)20-14-9-24-10-15(14)22-6-4-21(3)5-7-22/h8,14-15H,4-7,9-10H2,1-3H3,(H2,18,23)(H,19,20)/t14-,15-/m0/s1. The number of nitrogens with two attached hydrogens (primary N) is 1. The Kier molecular flexibility index (Phi) is 5.03. The minimum atomic E-state index is -0.455. The van der Waals surface area contributed by atoms with Gasteiger partial charge >= 0.3 is 0 Å². The Morgan fingerprint density at radius 3 is 2.67 bits per heavy atom. The van der Waals surface area contributed by atoms with Crippen molar-refractivity contribution in [2.45, 2.75) is 25.9 Å². The molecular weight excluding hydrogens is 306 g/mol. The number of anilines is 1. The molecule has 132 valence electrons. The molecule has 1 aromatic heterocycles. The van der Waals surface area contributed by atoms with E-state index in [1.807, 2.05) is 19.9 Å². The van der Waals surface area contributed by atoms with Crippen LogP contribution >= 0.6 is 0 Å². The molecule has 2 aliphatic heterocycles. The van der Waals surface area contributed by atoms with Crippen molar-refractivity contribution in [1.29, 1.82) is 0 Å². The number of carbonyl (C=O) groups is 1. The molecule has 3 rings (SSSR count). The van der Waals surface area contributed by atoms with Crippen LogP contribution in [0.15, 0.2) is 6.07 Å². The summed E-state index contributed by atoms with van der Waals surface area (Å²) < 4.78 is 5.71. The number of pyridine rings is 1. The number of hydrogen-bond acceptors (Lipinski definition) is 6. The molecule has 1 amide bonds. The van der Waals surface area contributed by atoms with Gasteiger partial charge in [0.2, 0.25) is 0 Å². The number of amides is 1. The summed E-state index contributed by atoms with van der Waals surface area (Å²) in [5.41, 5.74) is 7.85. The van der Waals surface area contributed by atoms with Gasteiger partial charge in [-0.15, -0.1) is 0 Å². The number of nitrogens with zero attached hydrogens (tertiary/aromatic N) is 3. The zero-order valence-electron chi connectivity index (χ0n) is 14.7. The molecule has 7 nitrogen and oxygen atoms in total. The molecule has 0 bridgehead atoms. The van der Waals surface area contributed by atoms with Crippen LogP contribution in [0.25, 0.3) is 0 Å². The summed E-state index contributed by atoms with van der Waals surface area (Å²) in [5.74, 6) is 0.114. The Balaban J connectivity index is 1.77. The third kappa shape index (κ3) is 3.53. The zero-order valence-corrected chi connectivity index (χ0v) is 14.7. The normalized spacial score (nSPS) is 25.8. The lowest BCUT2D eigenvalue weighted by Gasteiger charge is -2.38. The third-order valence-corrected chi connectivity index (χ3v) is 5.11. The number of piperazine rings is 1. The summed E-state index contributed by atoms with van der Waals surface area (Å²) in [6, 6.07) is 2.22. The van der Waals surface area contributed by atoms with Gasteiger partial charge in [0.25, 0.3) is 5.91 Å². The molecule has 2 aliphatic rings. The molecule has 24 heavy (non-hydrogen) atoms. The van der Waals surface area contributed by atoms with Crippen molar-refractivity contribution in [3.8, 4) is 0 Å². The lowest BCUT2D eigenvalue weighted by atomic mass is 10.1. The van der Waals surface area contributed by atoms with E-state index < -0.39 is 5.91 Å². The second-order valence-electron chi connectivity index (χ2n) is 6.85. The minimum Gasteiger partial charge on any atom is -0.378 e. The first kappa shape index (κ1) is 17.1. The second-order valence-corrected chi connectivity index (χ2v) is 6.85. The van der Waals surface area contributed by atoms with E-state index in [1.165, 1.54) is 0 Å². The Morgan fingerprint density at radius 2 is 2.00 bits per heavy atom. The van der Waals surface area contributed by atoms with E-state index in [0.717, 1.165) is 37.4 Å². The second kappa shape index (κ2) is 7.04. The van der Waals surface area contributed by atoms with Gasteiger partial charge in [-0.3, -0.25) is 9.69 Å². The maximum atomic E-state index is 11.8. The maximum Gasteiger partial charge on any atom is 0.252 e. The fourth-order valence-electron chi connectivity index (χ4n) is 3.37. The van der Waals surface area contributed by atoms with E-state index in [4.69, 9.17) is 10.5 Å². The number of carbonyl (C=O) groups excluding carboxylic acids is 1. The summed E-state index contributed by atoms with van der Waals surface area (Å²) in [7, 11) is 2.15. The Labute approximate surface area is 143 Å². The molecule has 3 heterocycles. The van der Waals surface area contributed by atoms with Gasteiger partial charge in [0.1, 0.15) is 5.82 Å². The molecule has 0 unspecified atom stereocenters. The average Bonchev–Trinajstić information content (AvgIpc) is 2.99. The Hall–Kier alpha value is -1.70. The predicted octanol–water partition coefficient (Wildman–Crippen LogP) is 0.224. The molecule has 2 saturated heterocycles. The molecule has 2 atom stereocenters. The predicted molar refractivity (Wildman–Crippen MR) is 93.3 cm³/mol. The highest BCUT2D eigenvalue weighted by Crippen LogP contribution is 2.22. The highest BCUT2D eigenvalue weighted by atomic mass is 16.5. The van der Waals surface area contributed by atoms with Crippen LogP contribution in [0.4, 0.5) is 5.82 Å². The number of aromatic nitrogens is 1. The van der Waals surface area contributed by atoms with E-state index in [9.17, 15) is 4.79 Å². The van der Waals surface area contributed by atoms with Gasteiger partial charge in [0.05, 0.1) is 30.9 Å². The zero-order chi connectivity index (χ0) is 17.3. The molecule has 0 saturated carbocycles. The van der Waals surface area contributed by atoms with Crippen LogP contribution in [0.2, 0.25) is 0 Å². The lowest BCUT2D eigenvalue weighted by molar-refractivity contribution is 0.0948. The number of rotatable bonds is 4. The number of hydrogen-bond donors (Lipinski definition) is 2. The van der Waals surface area contributed by atoms with Crippen LogP contribution < -0.4 is 11.1 Å². The van der Waals surface area contributed by atoms with Gasteiger partial charge in [0.15, 0.2) is 0 Å². The third-order valence-electron chi connectivity index (χ3n) is 5.11. The lowest BCUT2D eigenvalue weighted by Crippen LogP contribution is -2.54. The van der Waals surface area contributed by atoms with Crippen molar-refractivity contribution in [2.24, 2.45) is 5.73 Å². The number of aryl methyl sites for hydroxylation is 2. The van der Waals surface area contributed by atoms with E-state index in [2.05, 4.69) is 27.1 Å². The molecule has 0 aromatic carbocycles. The largest absolute Gasteiger partial charge is 0.378 e. The van der Waals surface area contributed by atoms with Crippen LogP contribution in [-0.2, 0) is 4.74 Å². The van der Waals surface area contributed by atoms with Crippen LogP contribution in [0.3, 0.4) is 0 Å². The van der Waals surface area contributed by atoms with Gasteiger partial charge in [-0.1, -0.05) is 0 Å². The first-order chi connectivity index (χ1) is 11.5. The average molecular weight is 333 g/mol. The van der Waals surface area contributed by atoms with Gasteiger partial charge in [-0.05, 0) is 32.5 Å². The molecule has 1 aromatic rings. The molecule has 0 spiro atoms. The quantitative estimate of drug-likeness (QED) is 0.820. The molecule has 2 fully saturated rings. The summed E-state index contributed by atoms with van der Waals surface area (Å²) in [4.78, 5) is 21.1. The van der Waals surface area contributed by atoms with E-state index in [1.54, 1.807) is 0 Å². The van der Waals surface area contributed by atoms with Gasteiger partial charge in [-0.2, -0.15) is 0 Å². The number of primary amides is 1. The van der Waals surface area contributed by atoms with E-state index >= 15 is 0 Å². The summed E-state index contributed by atoms with van der Waals surface area (Å²) in [6.07, 6.45) is 0. The van der Waals surface area contributed by atoms with Crippen LogP contribution in [0.5, 0.6) is 0 Å². The van der Waals surface area contributed by atoms with Crippen molar-refractivity contribution in [3.05, 3.63) is 22.9 Å². The van der Waals surface area contributed by atoms with Crippen molar-refractivity contribution in [3.63, 3.8) is 0 Å². The minimum absolute atomic E-state index is 0.112. The molecule has 7 heteroatoms. The number of ether oxygens (including phenoxy) is 1. The summed E-state index contributed by atoms with van der Waals surface area (Å²) in [6.45, 7) is 9.40. The Morgan fingerprint density at radius 1 is 1.29 bits per heavy atom. The Bertz CT molecular complexity index is 613. The van der Waals surface area contributed by atoms with Crippen molar-refractivity contribution in [2.75, 3.05) is 51.8 Å². The highest BCUT2D eigenvalue weighted by Gasteiger charge is 2.35. The van der Waals surface area contributed by atoms with E-state index in [-0.39, 0.29) is 6.04 Å². The molecular formula is C17H27N5O2. The molecule has 0 aliphatic carbocycles. The van der Waals surface area contributed by atoms with Gasteiger partial charge < -0.3 is 20.7 Å². The van der Waals surface area contributed by atoms with Crippen molar-refractivity contribution < 1.29 is 9.53 Å². The van der Waals surface area contributed by atoms with Crippen molar-refractivity contribution in [1.82, 2.24) is 14.8 Å². The van der Waals surface area contributed by atoms with Crippen LogP contribution in [-0.4, -0.2) is 79.2 Å². The summed E-state index contributed by atoms with van der Waals surface area (Å²) >= 11 is 0. The van der Waals surface area contributed by atoms with Crippen molar-refractivity contribution >= 4 is 11.7 Å². The molecule has 3 N–H and O–H groups in total. The monoisotopic (exact) mass is 333 g/mol. The topological polar surface area (TPSA) is 83.7 Å². The fraction of sp³-hybridized carbons (Fsp3) is 0.647. The number of likely N-dealkylation sites (N-methyl/N-ethyl adjacent to an activating group) is 1. The van der Waals surface area contributed by atoms with E-state index in [0.29, 0.717) is 30.6 Å². The first-order valence-electron chi connectivity index (χ1n) is 8.50. The fourth-order valence-corrected chi connectivity index (χ4v) is 3.37. The van der Waals surface area contributed by atoms with Crippen LogP contribution in [0.1, 0.15) is 21.6 Å². The maximum absolute atomic E-state index is 11.8. The molecule has 0 radical (unpaired) electrons. The smallest absolute Gasteiger partial charge is 0.252 e. The van der Waals surface area contributed by atoms with Crippen LogP contribution in [0, 0.1) is 13.8 Å². The first-order valence-corrected chi connectivity index (χ1v) is 8.50. The SMILES string of the molecule is Cc1cc(C(N)=O)c(N[C@H]2COC[C@@H]2N2CCN(C)CC2)nc1C. The van der Waals surface area contributed by atoms with Gasteiger partial charge in [-0.25, -0.2) is 4.98 Å². The highest BCUT2D eigenvalue weighted by molar-refractivity contribution is 5.97. The number of nitrogens with one attached hydrogen (secondary N) is 1. The van der Waals surface area contributed by atoms with Gasteiger partial charge in [0, 0.05) is 31.9 Å².